The molecule has 0 atom stereocenters. The van der Waals surface area contributed by atoms with Gasteiger partial charge in [0, 0.05) is 25.7 Å². The van der Waals surface area contributed by atoms with Crippen LogP contribution in [-0.4, -0.2) is 32.9 Å². The predicted octanol–water partition coefficient (Wildman–Crippen LogP) is 2.26. The SMILES string of the molecule is CCn1c(=O)c2c(nc(-c3ccc(OC)c(OC)c3)n2C)n(CC(C)C)c1=O. The maximum absolute atomic E-state index is 13.0. The van der Waals surface area contributed by atoms with E-state index in [1.165, 1.54) is 4.57 Å². The van der Waals surface area contributed by atoms with Crippen LogP contribution in [0.2, 0.25) is 0 Å². The topological polar surface area (TPSA) is 80.3 Å². The Balaban J connectivity index is 2.36. The molecule has 0 N–H and O–H groups in total. The van der Waals surface area contributed by atoms with Gasteiger partial charge in [0.25, 0.3) is 5.56 Å². The summed E-state index contributed by atoms with van der Waals surface area (Å²) in [6.45, 7) is 6.64. The molecule has 0 spiro atoms. The van der Waals surface area contributed by atoms with E-state index in [1.54, 1.807) is 43.4 Å². The molecule has 1 aromatic carbocycles. The van der Waals surface area contributed by atoms with Crippen LogP contribution >= 0.6 is 0 Å². The van der Waals surface area contributed by atoms with Crippen LogP contribution in [-0.2, 0) is 20.1 Å². The molecule has 0 amide bonds. The molecule has 0 aliphatic rings. The minimum atomic E-state index is -0.329. The Morgan fingerprint density at radius 3 is 2.32 bits per heavy atom. The van der Waals surface area contributed by atoms with Gasteiger partial charge in [-0.3, -0.25) is 13.9 Å². The fourth-order valence-electron chi connectivity index (χ4n) is 3.40. The smallest absolute Gasteiger partial charge is 0.332 e. The van der Waals surface area contributed by atoms with Crippen LogP contribution in [0, 0.1) is 5.92 Å². The van der Waals surface area contributed by atoms with Gasteiger partial charge in [-0.1, -0.05) is 13.8 Å². The molecule has 0 fully saturated rings. The van der Waals surface area contributed by atoms with Gasteiger partial charge in [-0.05, 0) is 31.0 Å². The Hall–Kier alpha value is -3.03. The van der Waals surface area contributed by atoms with Gasteiger partial charge in [0.2, 0.25) is 0 Å². The van der Waals surface area contributed by atoms with Gasteiger partial charge in [0.05, 0.1) is 14.2 Å². The van der Waals surface area contributed by atoms with Gasteiger partial charge >= 0.3 is 5.69 Å². The maximum atomic E-state index is 13.0. The monoisotopic (exact) mass is 386 g/mol. The molecule has 3 aromatic rings. The lowest BCUT2D eigenvalue weighted by Gasteiger charge is -2.12. The largest absolute Gasteiger partial charge is 0.493 e. The zero-order valence-corrected chi connectivity index (χ0v) is 17.1. The summed E-state index contributed by atoms with van der Waals surface area (Å²) in [7, 11) is 4.92. The van der Waals surface area contributed by atoms with Gasteiger partial charge in [-0.2, -0.15) is 0 Å². The van der Waals surface area contributed by atoms with Crippen molar-refractivity contribution in [2.75, 3.05) is 14.2 Å². The number of hydrogen-bond acceptors (Lipinski definition) is 5. The third-order valence-electron chi connectivity index (χ3n) is 4.75. The number of imidazole rings is 1. The number of ether oxygens (including phenoxy) is 2. The van der Waals surface area contributed by atoms with Gasteiger partial charge < -0.3 is 14.0 Å². The summed E-state index contributed by atoms with van der Waals surface area (Å²) in [5, 5.41) is 0. The maximum Gasteiger partial charge on any atom is 0.332 e. The molecule has 0 saturated heterocycles. The molecule has 8 nitrogen and oxygen atoms in total. The minimum absolute atomic E-state index is 0.232. The average Bonchev–Trinajstić information content (AvgIpc) is 3.02. The first-order chi connectivity index (χ1) is 13.3. The highest BCUT2D eigenvalue weighted by Crippen LogP contribution is 2.32. The average molecular weight is 386 g/mol. The normalized spacial score (nSPS) is 11.4. The lowest BCUT2D eigenvalue weighted by Crippen LogP contribution is -2.40. The highest BCUT2D eigenvalue weighted by Gasteiger charge is 2.21. The van der Waals surface area contributed by atoms with Crippen LogP contribution in [0.25, 0.3) is 22.6 Å². The van der Waals surface area contributed by atoms with E-state index in [2.05, 4.69) is 4.98 Å². The van der Waals surface area contributed by atoms with E-state index in [0.717, 1.165) is 5.56 Å². The number of methoxy groups -OCH3 is 2. The molecule has 0 bridgehead atoms. The highest BCUT2D eigenvalue weighted by molar-refractivity contribution is 5.77. The predicted molar refractivity (Wildman–Crippen MR) is 108 cm³/mol. The number of hydrogen-bond donors (Lipinski definition) is 0. The summed E-state index contributed by atoms with van der Waals surface area (Å²) in [6.07, 6.45) is 0. The Bertz CT molecular complexity index is 1140. The van der Waals surface area contributed by atoms with E-state index in [1.807, 2.05) is 26.0 Å². The van der Waals surface area contributed by atoms with Crippen molar-refractivity contribution in [1.82, 2.24) is 18.7 Å². The van der Waals surface area contributed by atoms with Crippen molar-refractivity contribution in [1.29, 1.82) is 0 Å². The van der Waals surface area contributed by atoms with E-state index < -0.39 is 0 Å². The van der Waals surface area contributed by atoms with Gasteiger partial charge in [0.1, 0.15) is 5.82 Å². The second kappa shape index (κ2) is 7.53. The van der Waals surface area contributed by atoms with Crippen molar-refractivity contribution in [2.24, 2.45) is 13.0 Å². The molecule has 3 rings (SSSR count). The number of aromatic nitrogens is 4. The van der Waals surface area contributed by atoms with E-state index in [-0.39, 0.29) is 17.2 Å². The Morgan fingerprint density at radius 2 is 1.75 bits per heavy atom. The zero-order chi connectivity index (χ0) is 20.6. The van der Waals surface area contributed by atoms with Crippen LogP contribution in [0.4, 0.5) is 0 Å². The third-order valence-corrected chi connectivity index (χ3v) is 4.75. The highest BCUT2D eigenvalue weighted by atomic mass is 16.5. The van der Waals surface area contributed by atoms with Crippen molar-refractivity contribution in [3.63, 3.8) is 0 Å². The van der Waals surface area contributed by atoms with Crippen LogP contribution in [0.3, 0.4) is 0 Å². The minimum Gasteiger partial charge on any atom is -0.493 e. The summed E-state index contributed by atoms with van der Waals surface area (Å²) in [4.78, 5) is 30.5. The quantitative estimate of drug-likeness (QED) is 0.649. The molecular formula is C20H26N4O4. The number of fused-ring (bicyclic) bond motifs is 1. The molecule has 0 aliphatic carbocycles. The van der Waals surface area contributed by atoms with E-state index in [0.29, 0.717) is 41.6 Å². The van der Waals surface area contributed by atoms with Crippen molar-refractivity contribution in [3.8, 4) is 22.9 Å². The molecule has 2 aromatic heterocycles. The van der Waals surface area contributed by atoms with Crippen LogP contribution < -0.4 is 20.7 Å². The lowest BCUT2D eigenvalue weighted by atomic mass is 10.2. The second-order valence-electron chi connectivity index (χ2n) is 7.07. The molecule has 150 valence electrons. The number of rotatable bonds is 6. The van der Waals surface area contributed by atoms with Crippen molar-refractivity contribution >= 4 is 11.2 Å². The van der Waals surface area contributed by atoms with Crippen LogP contribution in [0.5, 0.6) is 11.5 Å². The Labute approximate surface area is 163 Å². The Morgan fingerprint density at radius 1 is 1.07 bits per heavy atom. The van der Waals surface area contributed by atoms with Gasteiger partial charge in [-0.25, -0.2) is 9.78 Å². The van der Waals surface area contributed by atoms with E-state index in [4.69, 9.17) is 9.47 Å². The first-order valence-corrected chi connectivity index (χ1v) is 9.26. The molecule has 2 heterocycles. The summed E-state index contributed by atoms with van der Waals surface area (Å²) < 4.78 is 15.3. The summed E-state index contributed by atoms with van der Waals surface area (Å²) in [6, 6.07) is 5.45. The summed E-state index contributed by atoms with van der Waals surface area (Å²) in [5.74, 6) is 1.99. The number of benzene rings is 1. The van der Waals surface area contributed by atoms with Crippen molar-refractivity contribution in [3.05, 3.63) is 39.0 Å². The van der Waals surface area contributed by atoms with Gasteiger partial charge in [-0.15, -0.1) is 0 Å². The van der Waals surface area contributed by atoms with E-state index >= 15 is 0 Å². The summed E-state index contributed by atoms with van der Waals surface area (Å²) in [5.41, 5.74) is 0.921. The molecule has 0 aliphatic heterocycles. The number of nitrogens with zero attached hydrogens (tertiary/aromatic N) is 4. The molecule has 28 heavy (non-hydrogen) atoms. The Kier molecular flexibility index (Phi) is 5.31. The van der Waals surface area contributed by atoms with Crippen LogP contribution in [0.1, 0.15) is 20.8 Å². The van der Waals surface area contributed by atoms with Crippen molar-refractivity contribution in [2.45, 2.75) is 33.9 Å². The van der Waals surface area contributed by atoms with Gasteiger partial charge in [0.15, 0.2) is 22.7 Å². The fourth-order valence-corrected chi connectivity index (χ4v) is 3.40. The first-order valence-electron chi connectivity index (χ1n) is 9.26. The standard InChI is InChI=1S/C20H26N4O4/c1-7-23-19(25)16-18(24(20(23)26)11-12(2)3)21-17(22(16)4)13-8-9-14(27-5)15(10-13)28-6/h8-10,12H,7,11H2,1-6H3. The lowest BCUT2D eigenvalue weighted by molar-refractivity contribution is 0.355. The fraction of sp³-hybridized carbons (Fsp3) is 0.450. The van der Waals surface area contributed by atoms with Crippen LogP contribution in [0.15, 0.2) is 27.8 Å². The molecular weight excluding hydrogens is 360 g/mol. The molecule has 8 heteroatoms. The number of aryl methyl sites for hydroxylation is 1. The summed E-state index contributed by atoms with van der Waals surface area (Å²) >= 11 is 0. The molecule has 0 saturated carbocycles. The first kappa shape index (κ1) is 19.7. The third kappa shape index (κ3) is 3.08. The van der Waals surface area contributed by atoms with E-state index in [9.17, 15) is 9.59 Å². The second-order valence-corrected chi connectivity index (χ2v) is 7.07. The van der Waals surface area contributed by atoms with Crippen molar-refractivity contribution < 1.29 is 9.47 Å². The molecule has 0 unspecified atom stereocenters. The zero-order valence-electron chi connectivity index (χ0n) is 17.1. The molecule has 0 radical (unpaired) electrons.